The lowest BCUT2D eigenvalue weighted by molar-refractivity contribution is 0.463. The van der Waals surface area contributed by atoms with Crippen LogP contribution < -0.4 is 5.73 Å². The zero-order chi connectivity index (χ0) is 14.4. The highest BCUT2D eigenvalue weighted by atomic mass is 16.4. The van der Waals surface area contributed by atoms with Crippen LogP contribution in [0.5, 0.6) is 0 Å². The van der Waals surface area contributed by atoms with E-state index in [4.69, 9.17) is 14.6 Å². The normalized spacial score (nSPS) is 13.0. The molecule has 0 bridgehead atoms. The van der Waals surface area contributed by atoms with Gasteiger partial charge in [-0.15, -0.1) is 0 Å². The van der Waals surface area contributed by atoms with Gasteiger partial charge in [0.2, 0.25) is 0 Å². The molecule has 0 aliphatic rings. The topological polar surface area (TPSA) is 52.3 Å². The third kappa shape index (κ3) is 2.03. The van der Waals surface area contributed by atoms with E-state index in [1.165, 1.54) is 5.56 Å². The maximum absolute atomic E-state index is 6.29. The van der Waals surface area contributed by atoms with Gasteiger partial charge >= 0.3 is 0 Å². The Balaban J connectivity index is 1.79. The minimum atomic E-state index is -0.398. The quantitative estimate of drug-likeness (QED) is 0.585. The Kier molecular flexibility index (Phi) is 2.62. The Morgan fingerprint density at radius 1 is 0.810 bits per heavy atom. The van der Waals surface area contributed by atoms with Crippen molar-refractivity contribution in [1.82, 2.24) is 0 Å². The molecule has 2 aromatic carbocycles. The predicted octanol–water partition coefficient (Wildman–Crippen LogP) is 4.54. The van der Waals surface area contributed by atoms with Gasteiger partial charge in [0.25, 0.3) is 0 Å². The fraction of sp³-hybridized carbons (Fsp3) is 0.111. The van der Waals surface area contributed by atoms with Crippen LogP contribution in [0.15, 0.2) is 63.4 Å². The predicted molar refractivity (Wildman–Crippen MR) is 83.2 cm³/mol. The molecule has 104 valence electrons. The van der Waals surface area contributed by atoms with E-state index in [2.05, 4.69) is 13.0 Å². The van der Waals surface area contributed by atoms with Gasteiger partial charge in [-0.2, -0.15) is 0 Å². The summed E-state index contributed by atoms with van der Waals surface area (Å²) in [6, 6.07) is 17.5. The second kappa shape index (κ2) is 4.50. The Labute approximate surface area is 122 Å². The van der Waals surface area contributed by atoms with E-state index < -0.39 is 6.04 Å². The lowest BCUT2D eigenvalue weighted by Gasteiger charge is -2.03. The van der Waals surface area contributed by atoms with Crippen LogP contribution in [-0.4, -0.2) is 0 Å². The molecular formula is C18H15NO2. The number of para-hydroxylation sites is 1. The highest BCUT2D eigenvalue weighted by molar-refractivity contribution is 5.80. The Bertz CT molecular complexity index is 900. The second-order valence-electron chi connectivity index (χ2n) is 5.35. The van der Waals surface area contributed by atoms with E-state index in [0.29, 0.717) is 5.76 Å². The number of fused-ring (bicyclic) bond motifs is 2. The molecule has 0 fully saturated rings. The summed E-state index contributed by atoms with van der Waals surface area (Å²) in [6.45, 7) is 2.06. The summed E-state index contributed by atoms with van der Waals surface area (Å²) in [4.78, 5) is 0. The van der Waals surface area contributed by atoms with E-state index >= 15 is 0 Å². The summed E-state index contributed by atoms with van der Waals surface area (Å²) in [5.41, 5.74) is 9.19. The summed E-state index contributed by atoms with van der Waals surface area (Å²) in [7, 11) is 0. The van der Waals surface area contributed by atoms with Crippen LogP contribution in [0, 0.1) is 6.92 Å². The first-order valence-corrected chi connectivity index (χ1v) is 6.95. The van der Waals surface area contributed by atoms with Crippen molar-refractivity contribution < 1.29 is 8.83 Å². The highest BCUT2D eigenvalue weighted by Crippen LogP contribution is 2.30. The third-order valence-corrected chi connectivity index (χ3v) is 3.75. The maximum atomic E-state index is 6.29. The summed E-state index contributed by atoms with van der Waals surface area (Å²) < 4.78 is 11.7. The minimum Gasteiger partial charge on any atom is -0.459 e. The largest absolute Gasteiger partial charge is 0.459 e. The summed E-state index contributed by atoms with van der Waals surface area (Å²) in [5.74, 6) is 1.43. The van der Waals surface area contributed by atoms with Gasteiger partial charge in [-0.25, -0.2) is 0 Å². The SMILES string of the molecule is Cc1ccc2oc(C(N)c3cc4ccccc4o3)cc2c1. The first-order chi connectivity index (χ1) is 10.2. The van der Waals surface area contributed by atoms with E-state index in [9.17, 15) is 0 Å². The lowest BCUT2D eigenvalue weighted by atomic mass is 10.1. The van der Waals surface area contributed by atoms with Crippen LogP contribution in [0.2, 0.25) is 0 Å². The van der Waals surface area contributed by atoms with Crippen LogP contribution >= 0.6 is 0 Å². The van der Waals surface area contributed by atoms with Gasteiger partial charge in [0.15, 0.2) is 0 Å². The van der Waals surface area contributed by atoms with Crippen LogP contribution in [0.1, 0.15) is 23.1 Å². The van der Waals surface area contributed by atoms with Gasteiger partial charge in [0, 0.05) is 10.8 Å². The molecule has 3 heteroatoms. The Morgan fingerprint density at radius 2 is 1.48 bits per heavy atom. The molecule has 0 saturated carbocycles. The van der Waals surface area contributed by atoms with Crippen molar-refractivity contribution in [2.45, 2.75) is 13.0 Å². The first kappa shape index (κ1) is 12.2. The molecule has 0 saturated heterocycles. The number of furan rings is 2. The highest BCUT2D eigenvalue weighted by Gasteiger charge is 2.18. The van der Waals surface area contributed by atoms with Crippen molar-refractivity contribution in [1.29, 1.82) is 0 Å². The van der Waals surface area contributed by atoms with Crippen molar-refractivity contribution in [2.75, 3.05) is 0 Å². The van der Waals surface area contributed by atoms with E-state index in [-0.39, 0.29) is 0 Å². The molecule has 0 radical (unpaired) electrons. The smallest absolute Gasteiger partial charge is 0.134 e. The summed E-state index contributed by atoms with van der Waals surface area (Å²) in [6.07, 6.45) is 0. The fourth-order valence-electron chi connectivity index (χ4n) is 2.63. The summed E-state index contributed by atoms with van der Waals surface area (Å²) in [5, 5.41) is 2.12. The molecule has 2 N–H and O–H groups in total. The van der Waals surface area contributed by atoms with Crippen molar-refractivity contribution in [3.63, 3.8) is 0 Å². The molecule has 0 amide bonds. The maximum Gasteiger partial charge on any atom is 0.134 e. The molecule has 0 aliphatic carbocycles. The van der Waals surface area contributed by atoms with Crippen molar-refractivity contribution >= 4 is 21.9 Å². The first-order valence-electron chi connectivity index (χ1n) is 6.95. The van der Waals surface area contributed by atoms with Crippen LogP contribution in [0.3, 0.4) is 0 Å². The van der Waals surface area contributed by atoms with E-state index in [0.717, 1.165) is 27.7 Å². The van der Waals surface area contributed by atoms with Gasteiger partial charge in [-0.1, -0.05) is 29.8 Å². The number of benzene rings is 2. The average Bonchev–Trinajstić information content (AvgIpc) is 3.09. The average molecular weight is 277 g/mol. The van der Waals surface area contributed by atoms with Crippen molar-refractivity contribution in [2.24, 2.45) is 5.73 Å². The number of rotatable bonds is 2. The number of nitrogens with two attached hydrogens (primary N) is 1. The van der Waals surface area contributed by atoms with Crippen LogP contribution in [0.4, 0.5) is 0 Å². The number of aryl methyl sites for hydroxylation is 1. The molecular weight excluding hydrogens is 262 g/mol. The van der Waals surface area contributed by atoms with Gasteiger partial charge in [0.1, 0.15) is 28.7 Å². The molecule has 21 heavy (non-hydrogen) atoms. The molecule has 2 aromatic heterocycles. The third-order valence-electron chi connectivity index (χ3n) is 3.75. The standard InChI is InChI=1S/C18H15NO2/c1-11-6-7-15-13(8-11)10-17(21-15)18(19)16-9-12-4-2-3-5-14(12)20-16/h2-10,18H,19H2,1H3. The summed E-state index contributed by atoms with van der Waals surface area (Å²) >= 11 is 0. The monoisotopic (exact) mass is 277 g/mol. The minimum absolute atomic E-state index is 0.398. The Morgan fingerprint density at radius 3 is 2.24 bits per heavy atom. The molecule has 4 rings (SSSR count). The van der Waals surface area contributed by atoms with Crippen LogP contribution in [0.25, 0.3) is 21.9 Å². The number of hydrogen-bond donors (Lipinski definition) is 1. The van der Waals surface area contributed by atoms with Gasteiger partial charge < -0.3 is 14.6 Å². The zero-order valence-corrected chi connectivity index (χ0v) is 11.7. The molecule has 4 aromatic rings. The lowest BCUT2D eigenvalue weighted by Crippen LogP contribution is -2.09. The van der Waals surface area contributed by atoms with E-state index in [1.54, 1.807) is 0 Å². The fourth-order valence-corrected chi connectivity index (χ4v) is 2.63. The molecule has 2 heterocycles. The van der Waals surface area contributed by atoms with Crippen LogP contribution in [-0.2, 0) is 0 Å². The number of hydrogen-bond acceptors (Lipinski definition) is 3. The van der Waals surface area contributed by atoms with Gasteiger partial charge in [-0.3, -0.25) is 0 Å². The molecule has 1 unspecified atom stereocenters. The molecule has 0 aliphatic heterocycles. The van der Waals surface area contributed by atoms with Gasteiger partial charge in [0.05, 0.1) is 0 Å². The van der Waals surface area contributed by atoms with Crippen molar-refractivity contribution in [3.8, 4) is 0 Å². The van der Waals surface area contributed by atoms with Crippen molar-refractivity contribution in [3.05, 3.63) is 71.7 Å². The zero-order valence-electron chi connectivity index (χ0n) is 11.7. The second-order valence-corrected chi connectivity index (χ2v) is 5.35. The van der Waals surface area contributed by atoms with Gasteiger partial charge in [-0.05, 0) is 37.3 Å². The van der Waals surface area contributed by atoms with E-state index in [1.807, 2.05) is 48.5 Å². The molecule has 0 spiro atoms. The Hall–Kier alpha value is -2.52. The molecule has 1 atom stereocenters. The molecule has 3 nitrogen and oxygen atoms in total.